The Hall–Kier alpha value is -1.37. The topological polar surface area (TPSA) is 65.3 Å². The van der Waals surface area contributed by atoms with Crippen molar-refractivity contribution in [3.05, 3.63) is 44.6 Å². The molecule has 2 aromatic rings. The molecular weight excluding hydrogens is 287 g/mol. The monoisotopic (exact) mass is 290 g/mol. The van der Waals surface area contributed by atoms with Gasteiger partial charge in [-0.3, -0.25) is 10.1 Å². The van der Waals surface area contributed by atoms with Gasteiger partial charge in [-0.05, 0) is 29.5 Å². The Labute approximate surface area is 110 Å². The Morgan fingerprint density at radius 3 is 2.76 bits per heavy atom. The maximum atomic E-state index is 10.5. The molecule has 8 heteroatoms. The van der Waals surface area contributed by atoms with Crippen LogP contribution >= 0.6 is 34.5 Å². The Kier molecular flexibility index (Phi) is 3.46. The van der Waals surface area contributed by atoms with Gasteiger partial charge in [-0.1, -0.05) is 23.2 Å². The summed E-state index contributed by atoms with van der Waals surface area (Å²) in [5, 5.41) is 11.3. The van der Waals surface area contributed by atoms with Crippen LogP contribution in [0.4, 0.5) is 5.00 Å². The second kappa shape index (κ2) is 4.87. The predicted octanol–water partition coefficient (Wildman–Crippen LogP) is 4.15. The molecule has 0 saturated heterocycles. The number of aromatic nitrogens is 1. The molecule has 0 radical (unpaired) electrons. The van der Waals surface area contributed by atoms with Crippen molar-refractivity contribution >= 4 is 39.5 Å². The molecule has 0 aliphatic rings. The van der Waals surface area contributed by atoms with E-state index in [1.54, 1.807) is 12.1 Å². The van der Waals surface area contributed by atoms with Crippen molar-refractivity contribution in [3.8, 4) is 10.9 Å². The van der Waals surface area contributed by atoms with E-state index in [1.807, 2.05) is 0 Å². The Morgan fingerprint density at radius 2 is 2.18 bits per heavy atom. The van der Waals surface area contributed by atoms with Crippen LogP contribution in [-0.2, 0) is 0 Å². The minimum atomic E-state index is -0.534. The second-order valence-electron chi connectivity index (χ2n) is 2.90. The van der Waals surface area contributed by atoms with Gasteiger partial charge in [0.05, 0.1) is 9.95 Å². The van der Waals surface area contributed by atoms with Crippen LogP contribution in [0.3, 0.4) is 0 Å². The number of nitrogens with zero attached hydrogens (tertiary/aromatic N) is 2. The first-order valence-corrected chi connectivity index (χ1v) is 5.86. The molecule has 0 saturated carbocycles. The Morgan fingerprint density at radius 1 is 1.41 bits per heavy atom. The van der Waals surface area contributed by atoms with E-state index in [2.05, 4.69) is 4.98 Å². The molecule has 0 unspecified atom stereocenters. The number of thiazole rings is 1. The molecular formula is C9H4Cl2N2O3S. The van der Waals surface area contributed by atoms with Crippen molar-refractivity contribution < 1.29 is 9.66 Å². The Bertz CT molecular complexity index is 573. The summed E-state index contributed by atoms with van der Waals surface area (Å²) in [6.07, 6.45) is 1.13. The van der Waals surface area contributed by atoms with Gasteiger partial charge in [-0.2, -0.15) is 0 Å². The van der Waals surface area contributed by atoms with Crippen LogP contribution in [0, 0.1) is 10.1 Å². The standard InChI is InChI=1S/C9H4Cl2N2O3S/c10-5-1-2-7(6(11)3-5)16-9-12-4-8(17-9)13(14)15/h1-4H. The fourth-order valence-corrected chi connectivity index (χ4v) is 2.08. The van der Waals surface area contributed by atoms with Crippen molar-refractivity contribution in [1.82, 2.24) is 4.98 Å². The maximum absolute atomic E-state index is 10.5. The molecule has 0 N–H and O–H groups in total. The average Bonchev–Trinajstić information content (AvgIpc) is 2.71. The average molecular weight is 291 g/mol. The minimum Gasteiger partial charge on any atom is -0.429 e. The highest BCUT2D eigenvalue weighted by Gasteiger charge is 2.14. The molecule has 1 aromatic carbocycles. The lowest BCUT2D eigenvalue weighted by Crippen LogP contribution is -1.83. The van der Waals surface area contributed by atoms with Crippen molar-refractivity contribution in [3.63, 3.8) is 0 Å². The minimum absolute atomic E-state index is 0.0925. The van der Waals surface area contributed by atoms with E-state index >= 15 is 0 Å². The van der Waals surface area contributed by atoms with E-state index < -0.39 is 4.92 Å². The number of nitro groups is 1. The lowest BCUT2D eigenvalue weighted by atomic mass is 10.3. The largest absolute Gasteiger partial charge is 0.429 e. The van der Waals surface area contributed by atoms with Crippen molar-refractivity contribution in [1.29, 1.82) is 0 Å². The van der Waals surface area contributed by atoms with Crippen LogP contribution in [0.15, 0.2) is 24.4 Å². The van der Waals surface area contributed by atoms with Gasteiger partial charge < -0.3 is 4.74 Å². The lowest BCUT2D eigenvalue weighted by molar-refractivity contribution is -0.380. The number of halogens is 2. The van der Waals surface area contributed by atoms with E-state index in [9.17, 15) is 10.1 Å². The molecule has 0 atom stereocenters. The lowest BCUT2D eigenvalue weighted by Gasteiger charge is -2.03. The number of hydrogen-bond donors (Lipinski definition) is 0. The van der Waals surface area contributed by atoms with Crippen molar-refractivity contribution in [2.75, 3.05) is 0 Å². The summed E-state index contributed by atoms with van der Waals surface area (Å²) in [6.45, 7) is 0. The number of ether oxygens (including phenoxy) is 1. The number of benzene rings is 1. The van der Waals surface area contributed by atoms with Crippen molar-refractivity contribution in [2.45, 2.75) is 0 Å². The molecule has 5 nitrogen and oxygen atoms in total. The molecule has 0 bridgehead atoms. The quantitative estimate of drug-likeness (QED) is 0.629. The fraction of sp³-hybridized carbons (Fsp3) is 0. The zero-order valence-electron chi connectivity index (χ0n) is 8.09. The third-order valence-corrected chi connectivity index (χ3v) is 3.10. The van der Waals surface area contributed by atoms with Crippen LogP contribution in [0.1, 0.15) is 0 Å². The van der Waals surface area contributed by atoms with Crippen LogP contribution < -0.4 is 4.74 Å². The van der Waals surface area contributed by atoms with Gasteiger partial charge in [-0.25, -0.2) is 4.98 Å². The zero-order chi connectivity index (χ0) is 12.4. The highest BCUT2D eigenvalue weighted by Crippen LogP contribution is 2.35. The SMILES string of the molecule is O=[N+]([O-])c1cnc(Oc2ccc(Cl)cc2Cl)s1. The molecule has 1 aromatic heterocycles. The number of rotatable bonds is 3. The Balaban J connectivity index is 2.22. The van der Waals surface area contributed by atoms with Gasteiger partial charge in [0.25, 0.3) is 5.19 Å². The molecule has 1 heterocycles. The molecule has 17 heavy (non-hydrogen) atoms. The van der Waals surface area contributed by atoms with E-state index in [4.69, 9.17) is 27.9 Å². The molecule has 0 fully saturated rings. The van der Waals surface area contributed by atoms with Gasteiger partial charge in [-0.15, -0.1) is 0 Å². The normalized spacial score (nSPS) is 10.2. The van der Waals surface area contributed by atoms with Gasteiger partial charge in [0.1, 0.15) is 11.9 Å². The van der Waals surface area contributed by atoms with Crippen LogP contribution in [0.5, 0.6) is 10.9 Å². The second-order valence-corrected chi connectivity index (χ2v) is 4.71. The zero-order valence-corrected chi connectivity index (χ0v) is 10.4. The molecule has 0 spiro atoms. The molecule has 0 aliphatic carbocycles. The highest BCUT2D eigenvalue weighted by molar-refractivity contribution is 7.16. The predicted molar refractivity (Wildman–Crippen MR) is 65.3 cm³/mol. The molecule has 88 valence electrons. The van der Waals surface area contributed by atoms with Crippen LogP contribution in [0.2, 0.25) is 10.0 Å². The van der Waals surface area contributed by atoms with Crippen molar-refractivity contribution in [2.24, 2.45) is 0 Å². The van der Waals surface area contributed by atoms with E-state index in [-0.39, 0.29) is 10.2 Å². The molecule has 0 amide bonds. The highest BCUT2D eigenvalue weighted by atomic mass is 35.5. The summed E-state index contributed by atoms with van der Waals surface area (Å²) in [5.41, 5.74) is 0. The molecule has 0 aliphatic heterocycles. The summed E-state index contributed by atoms with van der Waals surface area (Å²) in [4.78, 5) is 13.7. The van der Waals surface area contributed by atoms with Gasteiger partial charge in [0.2, 0.25) is 0 Å². The summed E-state index contributed by atoms with van der Waals surface area (Å²) in [5.74, 6) is 0.348. The van der Waals surface area contributed by atoms with Crippen LogP contribution in [-0.4, -0.2) is 9.91 Å². The van der Waals surface area contributed by atoms with E-state index in [1.165, 1.54) is 6.07 Å². The third kappa shape index (κ3) is 2.85. The van der Waals surface area contributed by atoms with Gasteiger partial charge in [0, 0.05) is 5.02 Å². The summed E-state index contributed by atoms with van der Waals surface area (Å²) in [6, 6.07) is 4.68. The summed E-state index contributed by atoms with van der Waals surface area (Å²) >= 11 is 12.4. The third-order valence-electron chi connectivity index (χ3n) is 1.74. The number of hydrogen-bond acceptors (Lipinski definition) is 5. The van der Waals surface area contributed by atoms with Crippen LogP contribution in [0.25, 0.3) is 0 Å². The van der Waals surface area contributed by atoms with E-state index in [0.29, 0.717) is 15.8 Å². The van der Waals surface area contributed by atoms with E-state index in [0.717, 1.165) is 17.5 Å². The first-order valence-electron chi connectivity index (χ1n) is 4.29. The first-order chi connectivity index (χ1) is 8.06. The fourth-order valence-electron chi connectivity index (χ4n) is 1.03. The smallest absolute Gasteiger partial charge is 0.347 e. The van der Waals surface area contributed by atoms with Gasteiger partial charge in [0.15, 0.2) is 0 Å². The first kappa shape index (κ1) is 12.1. The molecule has 2 rings (SSSR count). The van der Waals surface area contributed by atoms with Gasteiger partial charge >= 0.3 is 5.00 Å². The summed E-state index contributed by atoms with van der Waals surface area (Å²) < 4.78 is 5.31. The maximum Gasteiger partial charge on any atom is 0.347 e. The summed E-state index contributed by atoms with van der Waals surface area (Å²) in [7, 11) is 0.